The Hall–Kier alpha value is -1.16. The first-order chi connectivity index (χ1) is 7.93. The Balaban J connectivity index is 2.46. The number of hydrogen-bond acceptors (Lipinski definition) is 2. The van der Waals surface area contributed by atoms with Crippen molar-refractivity contribution in [3.8, 4) is 0 Å². The lowest BCUT2D eigenvalue weighted by molar-refractivity contribution is 0.0559. The predicted octanol–water partition coefficient (Wildman–Crippen LogP) is 3.09. The number of halogens is 1. The average Bonchev–Trinajstić information content (AvgIpc) is 2.50. The summed E-state index contributed by atoms with van der Waals surface area (Å²) in [6.45, 7) is 5.91. The first kappa shape index (κ1) is 12.3. The van der Waals surface area contributed by atoms with Crippen LogP contribution in [0.2, 0.25) is 0 Å². The highest BCUT2D eigenvalue weighted by molar-refractivity contribution is 9.10. The zero-order chi connectivity index (χ0) is 12.7. The second-order valence-corrected chi connectivity index (χ2v) is 5.57. The third-order valence-electron chi connectivity index (χ3n) is 3.25. The molecular weight excluding hydrogens is 282 g/mol. The van der Waals surface area contributed by atoms with Gasteiger partial charge in [-0.1, -0.05) is 29.8 Å². The average molecular weight is 296 g/mol. The molecule has 90 valence electrons. The summed E-state index contributed by atoms with van der Waals surface area (Å²) in [5.74, 6) is -0.119. The Bertz CT molecular complexity index is 496. The van der Waals surface area contributed by atoms with E-state index in [2.05, 4.69) is 15.9 Å². The first-order valence-corrected chi connectivity index (χ1v) is 6.40. The number of amides is 2. The molecule has 1 aromatic carbocycles. The van der Waals surface area contributed by atoms with E-state index < -0.39 is 0 Å². The largest absolute Gasteiger partial charge is 0.271 e. The summed E-state index contributed by atoms with van der Waals surface area (Å²) in [6, 6.07) is 5.12. The van der Waals surface area contributed by atoms with Crippen LogP contribution >= 0.6 is 15.9 Å². The molecule has 4 heteroatoms. The summed E-state index contributed by atoms with van der Waals surface area (Å²) < 4.78 is 0.816. The van der Waals surface area contributed by atoms with E-state index >= 15 is 0 Å². The monoisotopic (exact) mass is 295 g/mol. The van der Waals surface area contributed by atoms with E-state index in [9.17, 15) is 9.59 Å². The molecule has 0 aromatic heterocycles. The van der Waals surface area contributed by atoms with E-state index in [0.29, 0.717) is 11.1 Å². The fourth-order valence-corrected chi connectivity index (χ4v) is 2.26. The van der Waals surface area contributed by atoms with Crippen LogP contribution in [-0.4, -0.2) is 22.8 Å². The van der Waals surface area contributed by atoms with Gasteiger partial charge in [0.25, 0.3) is 11.8 Å². The van der Waals surface area contributed by atoms with Crippen molar-refractivity contribution >= 4 is 27.7 Å². The van der Waals surface area contributed by atoms with Crippen molar-refractivity contribution in [1.82, 2.24) is 4.90 Å². The molecule has 17 heavy (non-hydrogen) atoms. The summed E-state index contributed by atoms with van der Waals surface area (Å²) in [6.07, 6.45) is 0. The summed E-state index contributed by atoms with van der Waals surface area (Å²) in [5.41, 5.74) is 1.00. The molecule has 0 spiro atoms. The van der Waals surface area contributed by atoms with Gasteiger partial charge in [-0.05, 0) is 31.0 Å². The fraction of sp³-hybridized carbons (Fsp3) is 0.385. The molecule has 1 atom stereocenters. The summed E-state index contributed by atoms with van der Waals surface area (Å²) >= 11 is 3.32. The van der Waals surface area contributed by atoms with Crippen molar-refractivity contribution in [2.45, 2.75) is 26.8 Å². The first-order valence-electron chi connectivity index (χ1n) is 5.61. The molecule has 0 bridgehead atoms. The van der Waals surface area contributed by atoms with Crippen LogP contribution in [0.5, 0.6) is 0 Å². The Labute approximate surface area is 109 Å². The molecule has 3 nitrogen and oxygen atoms in total. The van der Waals surface area contributed by atoms with Crippen molar-refractivity contribution < 1.29 is 9.59 Å². The van der Waals surface area contributed by atoms with Crippen molar-refractivity contribution in [2.24, 2.45) is 5.92 Å². The number of rotatable bonds is 2. The van der Waals surface area contributed by atoms with Crippen molar-refractivity contribution in [3.05, 3.63) is 33.8 Å². The van der Waals surface area contributed by atoms with Gasteiger partial charge in [0.1, 0.15) is 0 Å². The van der Waals surface area contributed by atoms with Gasteiger partial charge in [-0.2, -0.15) is 0 Å². The third-order valence-corrected chi connectivity index (χ3v) is 3.75. The Morgan fingerprint density at radius 1 is 1.06 bits per heavy atom. The predicted molar refractivity (Wildman–Crippen MR) is 68.9 cm³/mol. The van der Waals surface area contributed by atoms with Gasteiger partial charge in [-0.3, -0.25) is 14.5 Å². The number of fused-ring (bicyclic) bond motifs is 1. The topological polar surface area (TPSA) is 37.4 Å². The Morgan fingerprint density at radius 2 is 1.65 bits per heavy atom. The smallest absolute Gasteiger partial charge is 0.261 e. The lowest BCUT2D eigenvalue weighted by Crippen LogP contribution is -2.40. The summed E-state index contributed by atoms with van der Waals surface area (Å²) in [4.78, 5) is 25.7. The highest BCUT2D eigenvalue weighted by Gasteiger charge is 2.39. The molecular formula is C13H14BrNO2. The van der Waals surface area contributed by atoms with Crippen molar-refractivity contribution in [2.75, 3.05) is 0 Å². The van der Waals surface area contributed by atoms with Gasteiger partial charge in [-0.25, -0.2) is 0 Å². The fourth-order valence-electron chi connectivity index (χ4n) is 1.90. The Morgan fingerprint density at radius 3 is 2.24 bits per heavy atom. The SMILES string of the molecule is CC(C)[C@H](C)N1C(=O)c2ccc(Br)cc2C1=O. The number of hydrogen-bond donors (Lipinski definition) is 0. The summed E-state index contributed by atoms with van der Waals surface area (Å²) in [5, 5.41) is 0. The van der Waals surface area contributed by atoms with Gasteiger partial charge >= 0.3 is 0 Å². The quantitative estimate of drug-likeness (QED) is 0.786. The van der Waals surface area contributed by atoms with E-state index in [1.165, 1.54) is 4.90 Å². The van der Waals surface area contributed by atoms with Crippen LogP contribution in [0, 0.1) is 5.92 Å². The number of carbonyl (C=O) groups excluding carboxylic acids is 2. The van der Waals surface area contributed by atoms with Crippen LogP contribution in [0.3, 0.4) is 0 Å². The van der Waals surface area contributed by atoms with Gasteiger partial charge in [0, 0.05) is 10.5 Å². The van der Waals surface area contributed by atoms with Crippen molar-refractivity contribution in [1.29, 1.82) is 0 Å². The molecule has 0 fully saturated rings. The number of benzene rings is 1. The molecule has 2 amide bonds. The second kappa shape index (κ2) is 4.26. The standard InChI is InChI=1S/C13H14BrNO2/c1-7(2)8(3)15-12(16)10-5-4-9(14)6-11(10)13(15)17/h4-8H,1-3H3/t8-/m0/s1. The van der Waals surface area contributed by atoms with Gasteiger partial charge in [0.05, 0.1) is 11.1 Å². The highest BCUT2D eigenvalue weighted by atomic mass is 79.9. The van der Waals surface area contributed by atoms with E-state index in [0.717, 1.165) is 4.47 Å². The van der Waals surface area contributed by atoms with Crippen LogP contribution in [0.25, 0.3) is 0 Å². The van der Waals surface area contributed by atoms with Crippen LogP contribution < -0.4 is 0 Å². The van der Waals surface area contributed by atoms with Crippen LogP contribution in [0.4, 0.5) is 0 Å². The molecule has 0 saturated heterocycles. The van der Waals surface area contributed by atoms with Gasteiger partial charge < -0.3 is 0 Å². The molecule has 1 heterocycles. The van der Waals surface area contributed by atoms with E-state index in [1.807, 2.05) is 20.8 Å². The maximum Gasteiger partial charge on any atom is 0.261 e. The Kier molecular flexibility index (Phi) is 3.08. The third kappa shape index (κ3) is 1.90. The molecule has 0 N–H and O–H groups in total. The van der Waals surface area contributed by atoms with Crippen LogP contribution in [0.1, 0.15) is 41.5 Å². The normalized spacial score (nSPS) is 16.6. The number of nitrogens with zero attached hydrogens (tertiary/aromatic N) is 1. The van der Waals surface area contributed by atoms with E-state index in [4.69, 9.17) is 0 Å². The minimum atomic E-state index is -0.187. The zero-order valence-electron chi connectivity index (χ0n) is 10.0. The number of imide groups is 1. The lowest BCUT2D eigenvalue weighted by atomic mass is 10.1. The minimum Gasteiger partial charge on any atom is -0.271 e. The molecule has 1 aromatic rings. The van der Waals surface area contributed by atoms with Gasteiger partial charge in [0.2, 0.25) is 0 Å². The second-order valence-electron chi connectivity index (χ2n) is 4.65. The summed E-state index contributed by atoms with van der Waals surface area (Å²) in [7, 11) is 0. The number of carbonyl (C=O) groups is 2. The maximum absolute atomic E-state index is 12.2. The van der Waals surface area contributed by atoms with E-state index in [1.54, 1.807) is 18.2 Å². The molecule has 0 saturated carbocycles. The highest BCUT2D eigenvalue weighted by Crippen LogP contribution is 2.28. The maximum atomic E-state index is 12.2. The van der Waals surface area contributed by atoms with Gasteiger partial charge in [-0.15, -0.1) is 0 Å². The molecule has 1 aliphatic rings. The molecule has 0 radical (unpaired) electrons. The molecule has 0 aliphatic carbocycles. The van der Waals surface area contributed by atoms with Crippen LogP contribution in [-0.2, 0) is 0 Å². The molecule has 2 rings (SSSR count). The van der Waals surface area contributed by atoms with Crippen molar-refractivity contribution in [3.63, 3.8) is 0 Å². The molecule has 0 unspecified atom stereocenters. The molecule has 1 aliphatic heterocycles. The minimum absolute atomic E-state index is 0.0822. The zero-order valence-corrected chi connectivity index (χ0v) is 11.6. The van der Waals surface area contributed by atoms with Crippen LogP contribution in [0.15, 0.2) is 22.7 Å². The van der Waals surface area contributed by atoms with Gasteiger partial charge in [0.15, 0.2) is 0 Å². The van der Waals surface area contributed by atoms with E-state index in [-0.39, 0.29) is 23.8 Å². The lowest BCUT2D eigenvalue weighted by Gasteiger charge is -2.25.